The number of aromatic nitrogens is 4. The van der Waals surface area contributed by atoms with E-state index in [1.165, 1.54) is 12.0 Å². The Hall–Kier alpha value is -3.29. The second-order valence-corrected chi connectivity index (χ2v) is 5.22. The minimum atomic E-state index is -0.102. The highest BCUT2D eigenvalue weighted by Crippen LogP contribution is 2.24. The van der Waals surface area contributed by atoms with Crippen LogP contribution in [-0.4, -0.2) is 40.2 Å². The molecule has 25 heavy (non-hydrogen) atoms. The molecule has 3 heterocycles. The maximum absolute atomic E-state index is 12.4. The summed E-state index contributed by atoms with van der Waals surface area (Å²) >= 11 is 0. The standard InChI is InChI=1S/C17H17N5O3/c1-22(13-4-3-9-19-17(13)24-2)15(23)6-5-14-20-21-16(25-14)12-7-10-18-11-8-12/h3-4,7-11H,5-6H2,1-2H3. The number of nitrogens with zero attached hydrogens (tertiary/aromatic N) is 5. The fourth-order valence-electron chi connectivity index (χ4n) is 2.28. The molecule has 3 rings (SSSR count). The molecule has 0 N–H and O–H groups in total. The molecular weight excluding hydrogens is 322 g/mol. The number of methoxy groups -OCH3 is 1. The highest BCUT2D eigenvalue weighted by Gasteiger charge is 2.17. The first-order valence-electron chi connectivity index (χ1n) is 7.67. The van der Waals surface area contributed by atoms with Gasteiger partial charge in [-0.2, -0.15) is 0 Å². The van der Waals surface area contributed by atoms with Crippen molar-refractivity contribution in [3.8, 4) is 17.3 Å². The van der Waals surface area contributed by atoms with E-state index in [0.717, 1.165) is 5.56 Å². The molecule has 0 radical (unpaired) electrons. The van der Waals surface area contributed by atoms with E-state index in [2.05, 4.69) is 20.2 Å². The first-order chi connectivity index (χ1) is 12.2. The van der Waals surface area contributed by atoms with Crippen LogP contribution < -0.4 is 9.64 Å². The monoisotopic (exact) mass is 339 g/mol. The van der Waals surface area contributed by atoms with Crippen molar-refractivity contribution in [3.63, 3.8) is 0 Å². The minimum Gasteiger partial charge on any atom is -0.480 e. The molecular formula is C17H17N5O3. The molecule has 128 valence electrons. The summed E-state index contributed by atoms with van der Waals surface area (Å²) < 4.78 is 10.8. The minimum absolute atomic E-state index is 0.102. The third kappa shape index (κ3) is 3.79. The molecule has 3 aromatic rings. The molecule has 0 atom stereocenters. The third-order valence-corrected chi connectivity index (χ3v) is 3.63. The first kappa shape index (κ1) is 16.6. The van der Waals surface area contributed by atoms with Gasteiger partial charge >= 0.3 is 0 Å². The summed E-state index contributed by atoms with van der Waals surface area (Å²) in [6.45, 7) is 0. The van der Waals surface area contributed by atoms with Crippen molar-refractivity contribution >= 4 is 11.6 Å². The zero-order valence-corrected chi connectivity index (χ0v) is 13.9. The lowest BCUT2D eigenvalue weighted by Gasteiger charge is -2.18. The molecule has 0 aliphatic rings. The van der Waals surface area contributed by atoms with Crippen LogP contribution in [0.25, 0.3) is 11.5 Å². The van der Waals surface area contributed by atoms with Crippen LogP contribution in [0.4, 0.5) is 5.69 Å². The molecule has 0 saturated carbocycles. The van der Waals surface area contributed by atoms with Crippen molar-refractivity contribution in [1.82, 2.24) is 20.2 Å². The molecule has 0 aromatic carbocycles. The van der Waals surface area contributed by atoms with E-state index in [1.54, 1.807) is 49.9 Å². The molecule has 0 spiro atoms. The summed E-state index contributed by atoms with van der Waals surface area (Å²) in [7, 11) is 3.20. The van der Waals surface area contributed by atoms with Crippen LogP contribution in [0.2, 0.25) is 0 Å². The molecule has 0 bridgehead atoms. The third-order valence-electron chi connectivity index (χ3n) is 3.63. The van der Waals surface area contributed by atoms with Crippen LogP contribution in [0.3, 0.4) is 0 Å². The Balaban J connectivity index is 1.64. The van der Waals surface area contributed by atoms with Crippen LogP contribution in [-0.2, 0) is 11.2 Å². The maximum Gasteiger partial charge on any atom is 0.247 e. The predicted octanol–water partition coefficient (Wildman–Crippen LogP) is 2.13. The maximum atomic E-state index is 12.4. The number of carbonyl (C=O) groups excluding carboxylic acids is 1. The number of rotatable bonds is 6. The fraction of sp³-hybridized carbons (Fsp3) is 0.235. The van der Waals surface area contributed by atoms with Crippen LogP contribution in [0.1, 0.15) is 12.3 Å². The average molecular weight is 339 g/mol. The van der Waals surface area contributed by atoms with Crippen molar-refractivity contribution < 1.29 is 13.9 Å². The van der Waals surface area contributed by atoms with E-state index in [9.17, 15) is 4.79 Å². The number of ether oxygens (including phenoxy) is 1. The lowest BCUT2D eigenvalue weighted by Crippen LogP contribution is -2.27. The van der Waals surface area contributed by atoms with Crippen LogP contribution in [0.5, 0.6) is 5.88 Å². The van der Waals surface area contributed by atoms with Crippen LogP contribution in [0, 0.1) is 0 Å². The normalized spacial score (nSPS) is 10.5. The topological polar surface area (TPSA) is 94.2 Å². The quantitative estimate of drug-likeness (QED) is 0.679. The van der Waals surface area contributed by atoms with Gasteiger partial charge in [-0.3, -0.25) is 9.78 Å². The molecule has 0 unspecified atom stereocenters. The highest BCUT2D eigenvalue weighted by molar-refractivity contribution is 5.94. The molecule has 0 saturated heterocycles. The first-order valence-corrected chi connectivity index (χ1v) is 7.67. The summed E-state index contributed by atoms with van der Waals surface area (Å²) in [6.07, 6.45) is 5.49. The van der Waals surface area contributed by atoms with E-state index in [0.29, 0.717) is 29.8 Å². The SMILES string of the molecule is COc1ncccc1N(C)C(=O)CCc1nnc(-c2ccncc2)o1. The van der Waals surface area contributed by atoms with Crippen molar-refractivity contribution in [2.75, 3.05) is 19.1 Å². The van der Waals surface area contributed by atoms with Gasteiger partial charge in [-0.25, -0.2) is 4.98 Å². The van der Waals surface area contributed by atoms with Gasteiger partial charge in [0, 0.05) is 44.0 Å². The van der Waals surface area contributed by atoms with Gasteiger partial charge in [0.15, 0.2) is 0 Å². The predicted molar refractivity (Wildman–Crippen MR) is 90.0 cm³/mol. The van der Waals surface area contributed by atoms with Gasteiger partial charge < -0.3 is 14.1 Å². The molecule has 0 aliphatic carbocycles. The Morgan fingerprint density at radius 1 is 1.20 bits per heavy atom. The van der Waals surface area contributed by atoms with Gasteiger partial charge in [0.05, 0.1) is 7.11 Å². The van der Waals surface area contributed by atoms with E-state index in [4.69, 9.17) is 9.15 Å². The average Bonchev–Trinajstić information content (AvgIpc) is 3.15. The van der Waals surface area contributed by atoms with Crippen LogP contribution in [0.15, 0.2) is 47.3 Å². The largest absolute Gasteiger partial charge is 0.480 e. The van der Waals surface area contributed by atoms with Crippen molar-refractivity contribution in [2.24, 2.45) is 0 Å². The number of aryl methyl sites for hydroxylation is 1. The number of hydrogen-bond donors (Lipinski definition) is 0. The summed E-state index contributed by atoms with van der Waals surface area (Å²) in [5, 5.41) is 7.98. The number of pyridine rings is 2. The molecule has 8 heteroatoms. The van der Waals surface area contributed by atoms with Gasteiger partial charge in [0.25, 0.3) is 0 Å². The Morgan fingerprint density at radius 2 is 2.00 bits per heavy atom. The zero-order chi connectivity index (χ0) is 17.6. The van der Waals surface area contributed by atoms with Gasteiger partial charge in [0.1, 0.15) is 5.69 Å². The summed E-state index contributed by atoms with van der Waals surface area (Å²) in [6, 6.07) is 7.09. The molecule has 3 aromatic heterocycles. The highest BCUT2D eigenvalue weighted by atomic mass is 16.5. The lowest BCUT2D eigenvalue weighted by atomic mass is 10.2. The van der Waals surface area contributed by atoms with Crippen molar-refractivity contribution in [2.45, 2.75) is 12.8 Å². The summed E-state index contributed by atoms with van der Waals surface area (Å²) in [4.78, 5) is 22.0. The Kier molecular flexibility index (Phi) is 4.98. The van der Waals surface area contributed by atoms with Gasteiger partial charge in [-0.1, -0.05) is 0 Å². The van der Waals surface area contributed by atoms with Gasteiger partial charge in [-0.05, 0) is 24.3 Å². The molecule has 0 aliphatic heterocycles. The summed E-state index contributed by atoms with van der Waals surface area (Å²) in [5.41, 5.74) is 1.40. The second kappa shape index (κ2) is 7.52. The molecule has 0 fully saturated rings. The fourth-order valence-corrected chi connectivity index (χ4v) is 2.28. The van der Waals surface area contributed by atoms with Crippen LogP contribution >= 0.6 is 0 Å². The Labute approximate surface area is 144 Å². The van der Waals surface area contributed by atoms with E-state index in [1.807, 2.05) is 0 Å². The Morgan fingerprint density at radius 3 is 2.76 bits per heavy atom. The number of carbonyl (C=O) groups is 1. The second-order valence-electron chi connectivity index (χ2n) is 5.22. The summed E-state index contributed by atoms with van der Waals surface area (Å²) in [5.74, 6) is 1.12. The molecule has 1 amide bonds. The number of anilines is 1. The van der Waals surface area contributed by atoms with Crippen molar-refractivity contribution in [1.29, 1.82) is 0 Å². The lowest BCUT2D eigenvalue weighted by molar-refractivity contribution is -0.118. The van der Waals surface area contributed by atoms with Gasteiger partial charge in [0.2, 0.25) is 23.6 Å². The number of hydrogen-bond acceptors (Lipinski definition) is 7. The zero-order valence-electron chi connectivity index (χ0n) is 13.9. The van der Waals surface area contributed by atoms with E-state index >= 15 is 0 Å². The molecule has 8 nitrogen and oxygen atoms in total. The van der Waals surface area contributed by atoms with Gasteiger partial charge in [-0.15, -0.1) is 10.2 Å². The van der Waals surface area contributed by atoms with E-state index < -0.39 is 0 Å². The Bertz CT molecular complexity index is 850. The number of amides is 1. The smallest absolute Gasteiger partial charge is 0.247 e. The van der Waals surface area contributed by atoms with E-state index in [-0.39, 0.29) is 12.3 Å². The van der Waals surface area contributed by atoms with Crippen molar-refractivity contribution in [3.05, 3.63) is 48.7 Å².